The molecule has 0 radical (unpaired) electrons. The number of amides is 2. The molecule has 1 fully saturated rings. The highest BCUT2D eigenvalue weighted by Gasteiger charge is 2.39. The van der Waals surface area contributed by atoms with Crippen LogP contribution in [0, 0.1) is 18.2 Å². The van der Waals surface area contributed by atoms with E-state index in [1.807, 2.05) is 38.1 Å². The van der Waals surface area contributed by atoms with Crippen LogP contribution in [0.2, 0.25) is 0 Å². The predicted molar refractivity (Wildman–Crippen MR) is 103 cm³/mol. The van der Waals surface area contributed by atoms with Gasteiger partial charge in [-0.2, -0.15) is 0 Å². The van der Waals surface area contributed by atoms with Crippen molar-refractivity contribution in [2.24, 2.45) is 5.41 Å². The lowest BCUT2D eigenvalue weighted by atomic mass is 9.80. The zero-order valence-corrected chi connectivity index (χ0v) is 15.8. The summed E-state index contributed by atoms with van der Waals surface area (Å²) in [6.07, 6.45) is 1.42. The molecule has 1 atom stereocenters. The molecule has 5 heteroatoms. The number of rotatable bonds is 4. The van der Waals surface area contributed by atoms with E-state index in [0.717, 1.165) is 11.1 Å². The van der Waals surface area contributed by atoms with E-state index in [1.165, 1.54) is 12.1 Å². The van der Waals surface area contributed by atoms with Gasteiger partial charge in [0.1, 0.15) is 5.82 Å². The molecule has 142 valence electrons. The third kappa shape index (κ3) is 4.18. The second kappa shape index (κ2) is 7.91. The lowest BCUT2D eigenvalue weighted by Crippen LogP contribution is -2.51. The Morgan fingerprint density at radius 3 is 2.59 bits per heavy atom. The van der Waals surface area contributed by atoms with E-state index in [9.17, 15) is 14.0 Å². The van der Waals surface area contributed by atoms with Gasteiger partial charge in [0.2, 0.25) is 5.91 Å². The summed E-state index contributed by atoms with van der Waals surface area (Å²) < 4.78 is 14.0. The molecule has 2 aromatic carbocycles. The number of piperidine rings is 1. The minimum atomic E-state index is -0.679. The van der Waals surface area contributed by atoms with Gasteiger partial charge in [-0.05, 0) is 49.9 Å². The molecule has 0 spiro atoms. The predicted octanol–water partition coefficient (Wildman–Crippen LogP) is 3.69. The highest BCUT2D eigenvalue weighted by atomic mass is 19.1. The Hall–Kier alpha value is -2.69. The lowest BCUT2D eigenvalue weighted by Gasteiger charge is -2.39. The summed E-state index contributed by atoms with van der Waals surface area (Å²) >= 11 is 0. The first kappa shape index (κ1) is 19.1. The maximum atomic E-state index is 14.0. The first-order valence-electron chi connectivity index (χ1n) is 9.27. The molecule has 4 nitrogen and oxygen atoms in total. The van der Waals surface area contributed by atoms with Crippen molar-refractivity contribution in [2.45, 2.75) is 33.2 Å². The molecule has 1 saturated heterocycles. The van der Waals surface area contributed by atoms with E-state index < -0.39 is 11.2 Å². The first-order chi connectivity index (χ1) is 12.9. The molecule has 1 unspecified atom stereocenters. The molecule has 1 aliphatic heterocycles. The Morgan fingerprint density at radius 2 is 1.85 bits per heavy atom. The van der Waals surface area contributed by atoms with Gasteiger partial charge >= 0.3 is 0 Å². The fourth-order valence-electron chi connectivity index (χ4n) is 3.60. The Bertz CT molecular complexity index is 852. The van der Waals surface area contributed by atoms with Crippen LogP contribution in [-0.2, 0) is 11.3 Å². The van der Waals surface area contributed by atoms with Crippen LogP contribution in [0.15, 0.2) is 48.5 Å². The Morgan fingerprint density at radius 1 is 1.15 bits per heavy atom. The van der Waals surface area contributed by atoms with Crippen molar-refractivity contribution in [3.63, 3.8) is 0 Å². The minimum Gasteiger partial charge on any atom is -0.351 e. The fourth-order valence-corrected chi connectivity index (χ4v) is 3.60. The van der Waals surface area contributed by atoms with Crippen LogP contribution in [0.25, 0.3) is 0 Å². The smallest absolute Gasteiger partial charge is 0.256 e. The number of nitrogens with one attached hydrogen (secondary N) is 1. The lowest BCUT2D eigenvalue weighted by molar-refractivity contribution is -0.132. The van der Waals surface area contributed by atoms with E-state index in [0.29, 0.717) is 32.5 Å². The van der Waals surface area contributed by atoms with Gasteiger partial charge in [0.25, 0.3) is 5.91 Å². The van der Waals surface area contributed by atoms with Gasteiger partial charge in [0, 0.05) is 19.6 Å². The van der Waals surface area contributed by atoms with Crippen LogP contribution in [-0.4, -0.2) is 29.8 Å². The molecule has 2 aromatic rings. The van der Waals surface area contributed by atoms with Gasteiger partial charge in [0.05, 0.1) is 11.0 Å². The molecule has 0 aromatic heterocycles. The average molecular weight is 368 g/mol. The number of carbonyl (C=O) groups excluding carboxylic acids is 2. The Labute approximate surface area is 159 Å². The monoisotopic (exact) mass is 368 g/mol. The van der Waals surface area contributed by atoms with Crippen LogP contribution in [0.5, 0.6) is 0 Å². The van der Waals surface area contributed by atoms with Crippen LogP contribution < -0.4 is 5.32 Å². The molecule has 1 N–H and O–H groups in total. The van der Waals surface area contributed by atoms with Crippen molar-refractivity contribution in [2.75, 3.05) is 13.1 Å². The summed E-state index contributed by atoms with van der Waals surface area (Å²) in [7, 11) is 0. The van der Waals surface area contributed by atoms with Crippen molar-refractivity contribution in [3.8, 4) is 0 Å². The second-order valence-corrected chi connectivity index (χ2v) is 7.48. The van der Waals surface area contributed by atoms with Crippen molar-refractivity contribution in [3.05, 3.63) is 71.0 Å². The van der Waals surface area contributed by atoms with E-state index in [1.54, 1.807) is 17.0 Å². The van der Waals surface area contributed by atoms with Gasteiger partial charge in [-0.1, -0.05) is 36.4 Å². The van der Waals surface area contributed by atoms with Crippen LogP contribution >= 0.6 is 0 Å². The molecule has 1 aliphatic rings. The molecule has 0 aliphatic carbocycles. The Kier molecular flexibility index (Phi) is 5.59. The van der Waals surface area contributed by atoms with Crippen molar-refractivity contribution < 1.29 is 14.0 Å². The summed E-state index contributed by atoms with van der Waals surface area (Å²) in [5.41, 5.74) is 1.58. The SMILES string of the molecule is Cc1ccccc1CNC(=O)C1(C)CCCN(C(=O)c2ccccc2F)C1. The number of hydrogen-bond donors (Lipinski definition) is 1. The number of aryl methyl sites for hydroxylation is 1. The van der Waals surface area contributed by atoms with E-state index >= 15 is 0 Å². The molecule has 0 saturated carbocycles. The molecule has 27 heavy (non-hydrogen) atoms. The number of halogens is 1. The van der Waals surface area contributed by atoms with Crippen molar-refractivity contribution in [1.29, 1.82) is 0 Å². The normalized spacial score (nSPS) is 19.6. The summed E-state index contributed by atoms with van der Waals surface area (Å²) in [5, 5.41) is 3.01. The van der Waals surface area contributed by atoms with E-state index in [-0.39, 0.29) is 17.4 Å². The van der Waals surface area contributed by atoms with Crippen LogP contribution in [0.4, 0.5) is 4.39 Å². The number of likely N-dealkylation sites (tertiary alicyclic amines) is 1. The second-order valence-electron chi connectivity index (χ2n) is 7.48. The zero-order chi connectivity index (χ0) is 19.4. The first-order valence-corrected chi connectivity index (χ1v) is 9.27. The topological polar surface area (TPSA) is 49.4 Å². The third-order valence-electron chi connectivity index (χ3n) is 5.34. The minimum absolute atomic E-state index is 0.0575. The van der Waals surface area contributed by atoms with Gasteiger partial charge in [-0.3, -0.25) is 9.59 Å². The van der Waals surface area contributed by atoms with Gasteiger partial charge in [-0.15, -0.1) is 0 Å². The zero-order valence-electron chi connectivity index (χ0n) is 15.8. The van der Waals surface area contributed by atoms with Crippen molar-refractivity contribution >= 4 is 11.8 Å². The van der Waals surface area contributed by atoms with E-state index in [4.69, 9.17) is 0 Å². The fraction of sp³-hybridized carbons (Fsp3) is 0.364. The third-order valence-corrected chi connectivity index (χ3v) is 5.34. The van der Waals surface area contributed by atoms with Crippen molar-refractivity contribution in [1.82, 2.24) is 10.2 Å². The number of carbonyl (C=O) groups is 2. The maximum absolute atomic E-state index is 14.0. The van der Waals surface area contributed by atoms with Gasteiger partial charge in [0.15, 0.2) is 0 Å². The number of nitrogens with zero attached hydrogens (tertiary/aromatic N) is 1. The number of benzene rings is 2. The quantitative estimate of drug-likeness (QED) is 0.895. The largest absolute Gasteiger partial charge is 0.351 e. The molecule has 1 heterocycles. The molecule has 3 rings (SSSR count). The van der Waals surface area contributed by atoms with Gasteiger partial charge in [-0.25, -0.2) is 4.39 Å². The van der Waals surface area contributed by atoms with E-state index in [2.05, 4.69) is 5.32 Å². The molecular weight excluding hydrogens is 343 g/mol. The summed E-state index contributed by atoms with van der Waals surface area (Å²) in [6, 6.07) is 13.9. The molecule has 0 bridgehead atoms. The standard InChI is InChI=1S/C22H25FN2O2/c1-16-8-3-4-9-17(16)14-24-21(27)22(2)12-7-13-25(15-22)20(26)18-10-5-6-11-19(18)23/h3-6,8-11H,7,12-15H2,1-2H3,(H,24,27). The summed E-state index contributed by atoms with van der Waals surface area (Å²) in [5.74, 6) is -0.957. The molecular formula is C22H25FN2O2. The van der Waals surface area contributed by atoms with Crippen LogP contribution in [0.3, 0.4) is 0 Å². The Balaban J connectivity index is 1.68. The summed E-state index contributed by atoms with van der Waals surface area (Å²) in [4.78, 5) is 27.2. The maximum Gasteiger partial charge on any atom is 0.256 e. The van der Waals surface area contributed by atoms with Gasteiger partial charge < -0.3 is 10.2 Å². The highest BCUT2D eigenvalue weighted by molar-refractivity contribution is 5.95. The van der Waals surface area contributed by atoms with Crippen LogP contribution in [0.1, 0.15) is 41.3 Å². The number of hydrogen-bond acceptors (Lipinski definition) is 2. The summed E-state index contributed by atoms with van der Waals surface area (Å²) in [6.45, 7) is 5.18. The average Bonchev–Trinajstić information content (AvgIpc) is 2.67. The molecule has 2 amide bonds. The highest BCUT2D eigenvalue weighted by Crippen LogP contribution is 2.31.